The number of benzene rings is 1. The Morgan fingerprint density at radius 1 is 1.30 bits per heavy atom. The van der Waals surface area contributed by atoms with E-state index in [0.717, 1.165) is 17.6 Å². The molecule has 3 N–H and O–H groups in total. The molecule has 2 amide bonds. The first-order chi connectivity index (χ1) is 15.5. The van der Waals surface area contributed by atoms with E-state index >= 15 is 0 Å². The maximum atomic E-state index is 12.2. The largest absolute Gasteiger partial charge is 0.492 e. The molecule has 0 radical (unpaired) electrons. The van der Waals surface area contributed by atoms with Gasteiger partial charge in [0.1, 0.15) is 23.7 Å². The Bertz CT molecular complexity index is 935. The van der Waals surface area contributed by atoms with Crippen LogP contribution in [-0.4, -0.2) is 47.2 Å². The van der Waals surface area contributed by atoms with Crippen molar-refractivity contribution >= 4 is 17.8 Å². The molecule has 1 unspecified atom stereocenters. The number of hydrazine groups is 1. The lowest BCUT2D eigenvalue weighted by Crippen LogP contribution is -2.42. The number of fused-ring (bicyclic) bond motifs is 3. The van der Waals surface area contributed by atoms with Gasteiger partial charge in [-0.05, 0) is 50.8 Å². The first-order valence-corrected chi connectivity index (χ1v) is 11.1. The minimum Gasteiger partial charge on any atom is -0.492 e. The average Bonchev–Trinajstić information content (AvgIpc) is 2.69. The Morgan fingerprint density at radius 3 is 2.73 bits per heavy atom. The molecule has 0 aromatic heterocycles. The highest BCUT2D eigenvalue weighted by molar-refractivity contribution is 5.76. The minimum absolute atomic E-state index is 0.0459. The van der Waals surface area contributed by atoms with Crippen LogP contribution in [0, 0.1) is 11.8 Å². The van der Waals surface area contributed by atoms with E-state index in [0.29, 0.717) is 30.6 Å². The number of nitrogens with one attached hydrogen (secondary N) is 2. The first kappa shape index (κ1) is 24.3. The molecular formula is C24H33N3O6. The number of amides is 2. The van der Waals surface area contributed by atoms with Crippen molar-refractivity contribution in [3.05, 3.63) is 42.2 Å². The summed E-state index contributed by atoms with van der Waals surface area (Å²) in [5.74, 6) is 1.70. The highest BCUT2D eigenvalue weighted by Crippen LogP contribution is 2.40. The molecule has 2 aliphatic rings. The van der Waals surface area contributed by atoms with Gasteiger partial charge in [-0.1, -0.05) is 19.9 Å². The molecule has 9 nitrogen and oxygen atoms in total. The highest BCUT2D eigenvalue weighted by Gasteiger charge is 2.27. The highest BCUT2D eigenvalue weighted by atomic mass is 16.6. The smallest absolute Gasteiger partial charge is 0.423 e. The third kappa shape index (κ3) is 7.06. The van der Waals surface area contributed by atoms with Crippen molar-refractivity contribution < 1.29 is 28.9 Å². The SMILES string of the molecule is CC(C)C[C@@H](COc1ccc2c(c1)OCC1C=CN(NC(=O)O)C=C21)NC(=O)OC(C)(C)C. The Hall–Kier alpha value is -3.36. The van der Waals surface area contributed by atoms with Crippen LogP contribution in [0.25, 0.3) is 5.57 Å². The summed E-state index contributed by atoms with van der Waals surface area (Å²) in [4.78, 5) is 23.2. The molecule has 33 heavy (non-hydrogen) atoms. The van der Waals surface area contributed by atoms with Crippen LogP contribution in [0.2, 0.25) is 0 Å². The normalized spacial score (nSPS) is 17.8. The monoisotopic (exact) mass is 459 g/mol. The fourth-order valence-electron chi connectivity index (χ4n) is 3.72. The zero-order valence-electron chi connectivity index (χ0n) is 19.8. The topological polar surface area (TPSA) is 109 Å². The number of ether oxygens (including phenoxy) is 3. The number of carbonyl (C=O) groups excluding carboxylic acids is 1. The van der Waals surface area contributed by atoms with Crippen molar-refractivity contribution in [3.63, 3.8) is 0 Å². The van der Waals surface area contributed by atoms with Crippen LogP contribution in [0.1, 0.15) is 46.6 Å². The number of hydrogen-bond acceptors (Lipinski definition) is 6. The zero-order valence-corrected chi connectivity index (χ0v) is 19.8. The van der Waals surface area contributed by atoms with Crippen molar-refractivity contribution in [2.45, 2.75) is 52.7 Å². The number of carbonyl (C=O) groups is 2. The summed E-state index contributed by atoms with van der Waals surface area (Å²) in [6.45, 7) is 10.4. The maximum absolute atomic E-state index is 12.2. The second-order valence-corrected chi connectivity index (χ2v) is 9.61. The van der Waals surface area contributed by atoms with Crippen molar-refractivity contribution in [1.82, 2.24) is 15.8 Å². The fourth-order valence-corrected chi connectivity index (χ4v) is 3.72. The van der Waals surface area contributed by atoms with Crippen LogP contribution in [0.3, 0.4) is 0 Å². The molecule has 1 aromatic rings. The van der Waals surface area contributed by atoms with Gasteiger partial charge < -0.3 is 24.6 Å². The lowest BCUT2D eigenvalue weighted by atomic mass is 9.89. The molecule has 3 rings (SSSR count). The van der Waals surface area contributed by atoms with E-state index in [1.807, 2.05) is 45.0 Å². The third-order valence-corrected chi connectivity index (χ3v) is 4.99. The van der Waals surface area contributed by atoms with Crippen molar-refractivity contribution in [1.29, 1.82) is 0 Å². The second kappa shape index (κ2) is 10.1. The number of alkyl carbamates (subject to hydrolysis) is 1. The van der Waals surface area contributed by atoms with Crippen LogP contribution >= 0.6 is 0 Å². The van der Waals surface area contributed by atoms with Gasteiger partial charge in [0.15, 0.2) is 0 Å². The van der Waals surface area contributed by atoms with Crippen molar-refractivity contribution in [2.24, 2.45) is 11.8 Å². The van der Waals surface area contributed by atoms with Crippen molar-refractivity contribution in [2.75, 3.05) is 13.2 Å². The summed E-state index contributed by atoms with van der Waals surface area (Å²) in [6, 6.07) is 5.36. The van der Waals surface area contributed by atoms with Gasteiger partial charge in [0.05, 0.1) is 12.6 Å². The van der Waals surface area contributed by atoms with E-state index < -0.39 is 17.8 Å². The Labute approximate surface area is 194 Å². The van der Waals surface area contributed by atoms with Gasteiger partial charge in [0, 0.05) is 29.9 Å². The molecule has 0 fully saturated rings. The Balaban J connectivity index is 1.68. The Morgan fingerprint density at radius 2 is 2.06 bits per heavy atom. The molecule has 0 bridgehead atoms. The van der Waals surface area contributed by atoms with Crippen molar-refractivity contribution in [3.8, 4) is 11.5 Å². The van der Waals surface area contributed by atoms with Gasteiger partial charge in [-0.25, -0.2) is 15.0 Å². The van der Waals surface area contributed by atoms with Crippen LogP contribution in [-0.2, 0) is 4.74 Å². The van der Waals surface area contributed by atoms with Gasteiger partial charge >= 0.3 is 12.2 Å². The summed E-state index contributed by atoms with van der Waals surface area (Å²) in [6.07, 6.45) is 4.46. The third-order valence-electron chi connectivity index (χ3n) is 4.99. The number of nitrogens with zero attached hydrogens (tertiary/aromatic N) is 1. The minimum atomic E-state index is -1.14. The molecule has 0 saturated carbocycles. The zero-order chi connectivity index (χ0) is 24.2. The van der Waals surface area contributed by atoms with E-state index in [1.54, 1.807) is 12.4 Å². The van der Waals surface area contributed by atoms with Gasteiger partial charge in [-0.2, -0.15) is 0 Å². The molecule has 2 heterocycles. The predicted molar refractivity (Wildman–Crippen MR) is 124 cm³/mol. The predicted octanol–water partition coefficient (Wildman–Crippen LogP) is 4.37. The molecule has 0 spiro atoms. The maximum Gasteiger partial charge on any atom is 0.423 e. The quantitative estimate of drug-likeness (QED) is 0.556. The summed E-state index contributed by atoms with van der Waals surface area (Å²) < 4.78 is 17.3. The molecule has 1 aromatic carbocycles. The van der Waals surface area contributed by atoms with Gasteiger partial charge in [0.25, 0.3) is 0 Å². The molecular weight excluding hydrogens is 426 g/mol. The molecule has 180 valence electrons. The standard InChI is InChI=1S/C24H33N3O6/c1-15(2)10-17(25-23(30)33-24(3,4)5)14-31-18-6-7-19-20-12-27(26-22(28)29)9-8-16(20)13-32-21(19)11-18/h6-9,11-12,15-17,26H,10,13-14H2,1-5H3,(H,25,30)(H,28,29)/t16?,17-/m0/s1. The van der Waals surface area contributed by atoms with E-state index in [4.69, 9.17) is 19.3 Å². The lowest BCUT2D eigenvalue weighted by molar-refractivity contribution is 0.0480. The summed E-state index contributed by atoms with van der Waals surface area (Å²) in [7, 11) is 0. The van der Waals surface area contributed by atoms with Gasteiger partial charge in [-0.3, -0.25) is 5.01 Å². The van der Waals surface area contributed by atoms with E-state index in [2.05, 4.69) is 24.6 Å². The Kier molecular flexibility index (Phi) is 7.40. The van der Waals surface area contributed by atoms with Crippen LogP contribution in [0.15, 0.2) is 36.7 Å². The van der Waals surface area contributed by atoms with Crippen LogP contribution in [0.5, 0.6) is 11.5 Å². The molecule has 2 aliphatic heterocycles. The lowest BCUT2D eigenvalue weighted by Gasteiger charge is -2.31. The summed E-state index contributed by atoms with van der Waals surface area (Å²) in [5, 5.41) is 13.3. The fraction of sp³-hybridized carbons (Fsp3) is 0.500. The van der Waals surface area contributed by atoms with E-state index in [9.17, 15) is 9.59 Å². The van der Waals surface area contributed by atoms with E-state index in [-0.39, 0.29) is 12.0 Å². The summed E-state index contributed by atoms with van der Waals surface area (Å²) >= 11 is 0. The van der Waals surface area contributed by atoms with E-state index in [1.165, 1.54) is 5.01 Å². The molecule has 0 aliphatic carbocycles. The number of carboxylic acid groups (broad SMARTS) is 1. The van der Waals surface area contributed by atoms with Gasteiger partial charge in [-0.15, -0.1) is 0 Å². The molecule has 2 atom stereocenters. The molecule has 9 heteroatoms. The first-order valence-electron chi connectivity index (χ1n) is 11.1. The van der Waals surface area contributed by atoms with Gasteiger partial charge in [0.2, 0.25) is 0 Å². The van der Waals surface area contributed by atoms with Crippen LogP contribution in [0.4, 0.5) is 9.59 Å². The second-order valence-electron chi connectivity index (χ2n) is 9.61. The van der Waals surface area contributed by atoms with Crippen LogP contribution < -0.4 is 20.2 Å². The molecule has 0 saturated heterocycles. The average molecular weight is 460 g/mol. The number of hydrogen-bond donors (Lipinski definition) is 3. The summed E-state index contributed by atoms with van der Waals surface area (Å²) in [5.41, 5.74) is 3.58. The number of rotatable bonds is 7.